The van der Waals surface area contributed by atoms with Crippen molar-refractivity contribution < 1.29 is 4.74 Å². The van der Waals surface area contributed by atoms with Gasteiger partial charge in [-0.2, -0.15) is 5.10 Å². The van der Waals surface area contributed by atoms with Gasteiger partial charge in [0.05, 0.1) is 11.3 Å². The van der Waals surface area contributed by atoms with Crippen LogP contribution in [0.2, 0.25) is 0 Å². The van der Waals surface area contributed by atoms with Gasteiger partial charge in [0.15, 0.2) is 0 Å². The number of aryl methyl sites for hydroxylation is 2. The molecule has 0 bridgehead atoms. The highest BCUT2D eigenvalue weighted by molar-refractivity contribution is 7.80. The molecule has 1 aromatic rings. The van der Waals surface area contributed by atoms with E-state index in [4.69, 9.17) is 22.7 Å². The Labute approximate surface area is 120 Å². The zero-order valence-electron chi connectivity index (χ0n) is 12.0. The topological polar surface area (TPSA) is 53.1 Å². The van der Waals surface area contributed by atoms with E-state index in [9.17, 15) is 0 Å². The molecule has 1 fully saturated rings. The molecule has 1 saturated carbocycles. The smallest absolute Gasteiger partial charge is 0.222 e. The second-order valence-electron chi connectivity index (χ2n) is 5.36. The quantitative estimate of drug-likeness (QED) is 0.862. The third-order valence-corrected chi connectivity index (χ3v) is 4.25. The van der Waals surface area contributed by atoms with Crippen molar-refractivity contribution in [3.63, 3.8) is 0 Å². The zero-order valence-corrected chi connectivity index (χ0v) is 12.8. The average molecular weight is 281 g/mol. The van der Waals surface area contributed by atoms with E-state index in [1.165, 1.54) is 19.3 Å². The molecular weight excluding hydrogens is 258 g/mol. The minimum atomic E-state index is 0.265. The van der Waals surface area contributed by atoms with E-state index in [1.54, 1.807) is 4.68 Å². The van der Waals surface area contributed by atoms with Crippen LogP contribution in [0.1, 0.15) is 50.3 Å². The highest BCUT2D eigenvalue weighted by atomic mass is 32.1. The third-order valence-electron chi connectivity index (χ3n) is 4.04. The largest absolute Gasteiger partial charge is 0.474 e. The van der Waals surface area contributed by atoms with Crippen LogP contribution in [0.25, 0.3) is 0 Å². The summed E-state index contributed by atoms with van der Waals surface area (Å²) in [6, 6.07) is 0. The van der Waals surface area contributed by atoms with Gasteiger partial charge < -0.3 is 10.5 Å². The number of thiocarbonyl (C=S) groups is 1. The van der Waals surface area contributed by atoms with Crippen LogP contribution < -0.4 is 10.5 Å². The van der Waals surface area contributed by atoms with Gasteiger partial charge in [-0.3, -0.25) is 0 Å². The average Bonchev–Trinajstić information content (AvgIpc) is 2.65. The molecule has 1 aromatic heterocycles. The van der Waals surface area contributed by atoms with Gasteiger partial charge in [0.2, 0.25) is 5.88 Å². The summed E-state index contributed by atoms with van der Waals surface area (Å²) >= 11 is 5.12. The van der Waals surface area contributed by atoms with Crippen LogP contribution >= 0.6 is 12.2 Å². The Morgan fingerprint density at radius 3 is 2.79 bits per heavy atom. The lowest BCUT2D eigenvalue weighted by molar-refractivity contribution is 0.0814. The Bertz CT molecular complexity index is 470. The Kier molecular flexibility index (Phi) is 4.45. The Hall–Kier alpha value is -1.10. The van der Waals surface area contributed by atoms with E-state index in [0.29, 0.717) is 10.9 Å². The second kappa shape index (κ2) is 5.90. The molecule has 1 aliphatic carbocycles. The van der Waals surface area contributed by atoms with Gasteiger partial charge >= 0.3 is 0 Å². The number of nitrogens with zero attached hydrogens (tertiary/aromatic N) is 2. The number of rotatable bonds is 4. The van der Waals surface area contributed by atoms with Gasteiger partial charge in [-0.25, -0.2) is 4.68 Å². The fourth-order valence-corrected chi connectivity index (χ4v) is 3.23. The first-order valence-electron chi connectivity index (χ1n) is 7.04. The van der Waals surface area contributed by atoms with Crippen molar-refractivity contribution >= 4 is 17.2 Å². The van der Waals surface area contributed by atoms with Crippen molar-refractivity contribution in [2.45, 2.75) is 52.1 Å². The maximum atomic E-state index is 6.24. The number of hydrogen-bond acceptors (Lipinski definition) is 3. The summed E-state index contributed by atoms with van der Waals surface area (Å²) in [5, 5.41) is 4.37. The predicted octanol–water partition coefficient (Wildman–Crippen LogP) is 2.71. The molecule has 19 heavy (non-hydrogen) atoms. The molecule has 0 radical (unpaired) electrons. The molecule has 0 amide bonds. The van der Waals surface area contributed by atoms with E-state index >= 15 is 0 Å². The Balaban J connectivity index is 2.24. The second-order valence-corrected chi connectivity index (χ2v) is 5.80. The molecular formula is C14H23N3OS. The van der Waals surface area contributed by atoms with Gasteiger partial charge in [-0.15, -0.1) is 0 Å². The van der Waals surface area contributed by atoms with Crippen LogP contribution in [-0.4, -0.2) is 20.9 Å². The number of nitrogens with two attached hydrogens (primary N) is 1. The summed E-state index contributed by atoms with van der Waals surface area (Å²) in [4.78, 5) is 0.365. The number of aromatic nitrogens is 2. The van der Waals surface area contributed by atoms with Gasteiger partial charge in [0.1, 0.15) is 11.1 Å². The molecule has 0 aliphatic heterocycles. The summed E-state index contributed by atoms with van der Waals surface area (Å²) in [5.41, 5.74) is 7.43. The lowest BCUT2D eigenvalue weighted by Crippen LogP contribution is -2.31. The van der Waals surface area contributed by atoms with Crippen molar-refractivity contribution in [3.05, 3.63) is 11.3 Å². The highest BCUT2D eigenvalue weighted by Crippen LogP contribution is 2.32. The summed E-state index contributed by atoms with van der Waals surface area (Å²) in [6.07, 6.45) is 6.33. The molecule has 1 heterocycles. The predicted molar refractivity (Wildman–Crippen MR) is 80.5 cm³/mol. The van der Waals surface area contributed by atoms with Crippen LogP contribution in [0.5, 0.6) is 5.88 Å². The SMILES string of the molecule is CCC1CCCCC1Oc1c(C(N)=S)c(C)nn1C. The summed E-state index contributed by atoms with van der Waals surface area (Å²) in [6.45, 7) is 4.15. The molecule has 2 rings (SSSR count). The van der Waals surface area contributed by atoms with Gasteiger partial charge in [-0.1, -0.05) is 25.6 Å². The lowest BCUT2D eigenvalue weighted by atomic mass is 9.85. The molecule has 2 unspecified atom stereocenters. The van der Waals surface area contributed by atoms with Crippen LogP contribution in [0, 0.1) is 12.8 Å². The first-order chi connectivity index (χ1) is 9.04. The molecule has 1 aliphatic rings. The summed E-state index contributed by atoms with van der Waals surface area (Å²) in [7, 11) is 1.88. The van der Waals surface area contributed by atoms with Crippen molar-refractivity contribution in [3.8, 4) is 5.88 Å². The maximum Gasteiger partial charge on any atom is 0.222 e. The fraction of sp³-hybridized carbons (Fsp3) is 0.714. The van der Waals surface area contributed by atoms with Crippen LogP contribution in [0.15, 0.2) is 0 Å². The molecule has 2 N–H and O–H groups in total. The van der Waals surface area contributed by atoms with Gasteiger partial charge in [-0.05, 0) is 38.5 Å². The number of hydrogen-bond donors (Lipinski definition) is 1. The Morgan fingerprint density at radius 2 is 2.16 bits per heavy atom. The Morgan fingerprint density at radius 1 is 1.47 bits per heavy atom. The number of ether oxygens (including phenoxy) is 1. The van der Waals surface area contributed by atoms with Crippen molar-refractivity contribution in [1.29, 1.82) is 0 Å². The monoisotopic (exact) mass is 281 g/mol. The summed E-state index contributed by atoms with van der Waals surface area (Å²) < 4.78 is 7.99. The molecule has 4 nitrogen and oxygen atoms in total. The molecule has 0 aromatic carbocycles. The van der Waals surface area contributed by atoms with Crippen LogP contribution in [0.4, 0.5) is 0 Å². The van der Waals surface area contributed by atoms with Gasteiger partial charge in [0.25, 0.3) is 0 Å². The first kappa shape index (κ1) is 14.3. The first-order valence-corrected chi connectivity index (χ1v) is 7.45. The van der Waals surface area contributed by atoms with Crippen molar-refractivity contribution in [2.75, 3.05) is 0 Å². The van der Waals surface area contributed by atoms with E-state index < -0.39 is 0 Å². The minimum absolute atomic E-state index is 0.265. The van der Waals surface area contributed by atoms with Crippen molar-refractivity contribution in [2.24, 2.45) is 18.7 Å². The van der Waals surface area contributed by atoms with E-state index in [-0.39, 0.29) is 6.10 Å². The normalized spacial score (nSPS) is 23.3. The van der Waals surface area contributed by atoms with Crippen LogP contribution in [-0.2, 0) is 7.05 Å². The van der Waals surface area contributed by atoms with E-state index in [0.717, 1.165) is 30.0 Å². The molecule has 0 spiro atoms. The van der Waals surface area contributed by atoms with E-state index in [1.807, 2.05) is 14.0 Å². The highest BCUT2D eigenvalue weighted by Gasteiger charge is 2.28. The fourth-order valence-electron chi connectivity index (χ4n) is 3.00. The van der Waals surface area contributed by atoms with Crippen molar-refractivity contribution in [1.82, 2.24) is 9.78 Å². The molecule has 0 saturated heterocycles. The van der Waals surface area contributed by atoms with E-state index in [2.05, 4.69) is 12.0 Å². The standard InChI is InChI=1S/C14H23N3OS/c1-4-10-7-5-6-8-11(10)18-14-12(13(15)19)9(2)16-17(14)3/h10-11H,4-8H2,1-3H3,(H2,15,19). The molecule has 106 valence electrons. The maximum absolute atomic E-state index is 6.24. The molecule has 5 heteroatoms. The minimum Gasteiger partial charge on any atom is -0.474 e. The molecule has 2 atom stereocenters. The lowest BCUT2D eigenvalue weighted by Gasteiger charge is -2.31. The third kappa shape index (κ3) is 2.91. The van der Waals surface area contributed by atoms with Gasteiger partial charge in [0, 0.05) is 7.05 Å². The van der Waals surface area contributed by atoms with Crippen LogP contribution in [0.3, 0.4) is 0 Å². The zero-order chi connectivity index (χ0) is 14.0. The summed E-state index contributed by atoms with van der Waals surface area (Å²) in [5.74, 6) is 1.36.